The fourth-order valence-corrected chi connectivity index (χ4v) is 7.24. The molecule has 5 heterocycles. The molecule has 0 amide bonds. The minimum atomic E-state index is -0.699. The lowest BCUT2D eigenvalue weighted by Crippen LogP contribution is -2.61. The number of aryl methyl sites for hydroxylation is 1. The van der Waals surface area contributed by atoms with Crippen LogP contribution >= 0.6 is 0 Å². The molecule has 2 N–H and O–H groups in total. The third-order valence-electron chi connectivity index (χ3n) is 9.01. The zero-order valence-corrected chi connectivity index (χ0v) is 20.7. The fourth-order valence-electron chi connectivity index (χ4n) is 7.24. The molecule has 4 aliphatic heterocycles. The summed E-state index contributed by atoms with van der Waals surface area (Å²) in [4.78, 5) is 21.4. The number of esters is 1. The number of aliphatic hydroxyl groups excluding tert-OH is 2. The maximum absolute atomic E-state index is 11.9. The highest BCUT2D eigenvalue weighted by molar-refractivity contribution is 5.93. The molecule has 8 heteroatoms. The number of piperazine rings is 1. The lowest BCUT2D eigenvalue weighted by molar-refractivity contribution is -0.0341. The van der Waals surface area contributed by atoms with Crippen molar-refractivity contribution in [1.82, 2.24) is 14.8 Å². The number of carbonyl (C=O) groups excluding carboxylic acids is 1. The zero-order chi connectivity index (χ0) is 25.1. The summed E-state index contributed by atoms with van der Waals surface area (Å²) in [7, 11) is 0. The molecule has 8 nitrogen and oxygen atoms in total. The summed E-state index contributed by atoms with van der Waals surface area (Å²) in [5.74, 6) is -0.284. The molecule has 1 aromatic heterocycles. The third-order valence-corrected chi connectivity index (χ3v) is 9.01. The Balaban J connectivity index is 1.18. The number of benzene rings is 1. The van der Waals surface area contributed by atoms with Gasteiger partial charge >= 0.3 is 5.97 Å². The largest absolute Gasteiger partial charge is 0.457 e. The highest BCUT2D eigenvalue weighted by atomic mass is 16.5. The van der Waals surface area contributed by atoms with E-state index in [4.69, 9.17) is 4.74 Å². The summed E-state index contributed by atoms with van der Waals surface area (Å²) in [6.45, 7) is 5.16. The van der Waals surface area contributed by atoms with Gasteiger partial charge in [-0.3, -0.25) is 14.8 Å². The number of carbonyl (C=O) groups is 1. The van der Waals surface area contributed by atoms with Crippen molar-refractivity contribution in [3.05, 3.63) is 63.5 Å². The van der Waals surface area contributed by atoms with Gasteiger partial charge in [0.05, 0.1) is 28.6 Å². The molecule has 0 saturated carbocycles. The van der Waals surface area contributed by atoms with Gasteiger partial charge in [-0.1, -0.05) is 6.07 Å². The number of aromatic nitrogens is 1. The standard InChI is InChI=1S/C28H32N4O4/c1-15-18(4-5-19-20(15)14-36-28(19)35)26(33)12-31-22-7-8-23(31)25-10-9-24(22)32(25)13-27(34)21-6-3-17(11-29)16(2)30-21/h3-6,22-27,33-34H,7-10,12-14H2,1-2H3. The highest BCUT2D eigenvalue weighted by Crippen LogP contribution is 2.47. The fraction of sp³-hybridized carbons (Fsp3) is 0.536. The number of aliphatic hydroxyl groups is 2. The zero-order valence-electron chi connectivity index (χ0n) is 20.7. The van der Waals surface area contributed by atoms with Gasteiger partial charge in [0, 0.05) is 42.8 Å². The molecule has 0 radical (unpaired) electrons. The molecule has 36 heavy (non-hydrogen) atoms. The van der Waals surface area contributed by atoms with Gasteiger partial charge in [-0.05, 0) is 68.9 Å². The van der Waals surface area contributed by atoms with Crippen LogP contribution in [-0.4, -0.2) is 68.2 Å². The second kappa shape index (κ2) is 8.93. The molecule has 4 aliphatic rings. The van der Waals surface area contributed by atoms with E-state index < -0.39 is 12.2 Å². The lowest BCUT2D eigenvalue weighted by Gasteiger charge is -2.48. The van der Waals surface area contributed by atoms with Crippen molar-refractivity contribution in [2.75, 3.05) is 13.1 Å². The molecule has 2 aromatic rings. The number of hydrogen-bond donors (Lipinski definition) is 2. The van der Waals surface area contributed by atoms with E-state index >= 15 is 0 Å². The summed E-state index contributed by atoms with van der Waals surface area (Å²) in [5.41, 5.74) is 5.13. The lowest BCUT2D eigenvalue weighted by atomic mass is 9.94. The number of hydrogen-bond acceptors (Lipinski definition) is 8. The Morgan fingerprint density at radius 1 is 1.00 bits per heavy atom. The van der Waals surface area contributed by atoms with Crippen molar-refractivity contribution < 1.29 is 19.7 Å². The van der Waals surface area contributed by atoms with Crippen molar-refractivity contribution in [3.8, 4) is 6.07 Å². The number of nitriles is 1. The molecule has 4 bridgehead atoms. The van der Waals surface area contributed by atoms with Crippen LogP contribution in [0.5, 0.6) is 0 Å². The van der Waals surface area contributed by atoms with Crippen molar-refractivity contribution in [2.45, 2.75) is 82.5 Å². The predicted octanol–water partition coefficient (Wildman–Crippen LogP) is 2.69. The van der Waals surface area contributed by atoms with Crippen molar-refractivity contribution in [2.24, 2.45) is 0 Å². The molecule has 6 unspecified atom stereocenters. The van der Waals surface area contributed by atoms with Crippen LogP contribution < -0.4 is 0 Å². The topological polar surface area (TPSA) is 110 Å². The molecular formula is C28H32N4O4. The Morgan fingerprint density at radius 3 is 2.19 bits per heavy atom. The average molecular weight is 489 g/mol. The number of cyclic esters (lactones) is 1. The molecular weight excluding hydrogens is 456 g/mol. The van der Waals surface area contributed by atoms with E-state index in [1.165, 1.54) is 0 Å². The number of fused-ring (bicyclic) bond motifs is 7. The predicted molar refractivity (Wildman–Crippen MR) is 131 cm³/mol. The van der Waals surface area contributed by atoms with Crippen LogP contribution in [0.4, 0.5) is 0 Å². The Morgan fingerprint density at radius 2 is 1.61 bits per heavy atom. The van der Waals surface area contributed by atoms with Gasteiger partial charge in [-0.25, -0.2) is 4.79 Å². The molecule has 3 saturated heterocycles. The summed E-state index contributed by atoms with van der Waals surface area (Å²) in [6.07, 6.45) is 3.08. The van der Waals surface area contributed by atoms with Gasteiger partial charge in [-0.15, -0.1) is 0 Å². The quantitative estimate of drug-likeness (QED) is 0.598. The molecule has 6 rings (SSSR count). The Kier molecular flexibility index (Phi) is 5.84. The smallest absolute Gasteiger partial charge is 0.338 e. The Bertz CT molecular complexity index is 1240. The normalized spacial score (nSPS) is 28.6. The van der Waals surface area contributed by atoms with E-state index in [-0.39, 0.29) is 12.6 Å². The van der Waals surface area contributed by atoms with E-state index in [0.717, 1.165) is 42.4 Å². The minimum absolute atomic E-state index is 0.282. The van der Waals surface area contributed by atoms with Crippen LogP contribution in [0.1, 0.15) is 81.9 Å². The Labute approximate surface area is 211 Å². The minimum Gasteiger partial charge on any atom is -0.457 e. The number of ether oxygens (including phenoxy) is 1. The second-order valence-corrected chi connectivity index (χ2v) is 10.7. The van der Waals surface area contributed by atoms with E-state index in [1.807, 2.05) is 13.0 Å². The second-order valence-electron chi connectivity index (χ2n) is 10.7. The van der Waals surface area contributed by atoms with Gasteiger partial charge in [0.25, 0.3) is 0 Å². The summed E-state index contributed by atoms with van der Waals surface area (Å²) >= 11 is 0. The van der Waals surface area contributed by atoms with E-state index in [0.29, 0.717) is 59.8 Å². The van der Waals surface area contributed by atoms with Crippen LogP contribution in [0.25, 0.3) is 0 Å². The maximum atomic E-state index is 11.9. The first-order valence-electron chi connectivity index (χ1n) is 12.9. The van der Waals surface area contributed by atoms with Crippen LogP contribution in [-0.2, 0) is 11.3 Å². The molecule has 188 valence electrons. The molecule has 0 spiro atoms. The van der Waals surface area contributed by atoms with Crippen LogP contribution in [0.3, 0.4) is 0 Å². The Hall–Kier alpha value is -2.83. The molecule has 0 aliphatic carbocycles. The number of pyridine rings is 1. The van der Waals surface area contributed by atoms with Crippen LogP contribution in [0, 0.1) is 25.2 Å². The van der Waals surface area contributed by atoms with Crippen molar-refractivity contribution in [1.29, 1.82) is 5.26 Å². The van der Waals surface area contributed by atoms with E-state index in [9.17, 15) is 20.3 Å². The first kappa shape index (κ1) is 23.6. The maximum Gasteiger partial charge on any atom is 0.338 e. The van der Waals surface area contributed by atoms with E-state index in [2.05, 4.69) is 20.9 Å². The number of rotatable bonds is 6. The van der Waals surface area contributed by atoms with Gasteiger partial charge in [0.2, 0.25) is 0 Å². The van der Waals surface area contributed by atoms with Crippen LogP contribution in [0.15, 0.2) is 24.3 Å². The first-order valence-corrected chi connectivity index (χ1v) is 12.9. The summed E-state index contributed by atoms with van der Waals surface area (Å²) in [6, 6.07) is 10.7. The van der Waals surface area contributed by atoms with Gasteiger partial charge < -0.3 is 14.9 Å². The van der Waals surface area contributed by atoms with Gasteiger partial charge in [0.1, 0.15) is 18.8 Å². The summed E-state index contributed by atoms with van der Waals surface area (Å²) in [5, 5.41) is 31.5. The third kappa shape index (κ3) is 3.65. The molecule has 3 fully saturated rings. The van der Waals surface area contributed by atoms with Crippen LogP contribution in [0.2, 0.25) is 0 Å². The molecule has 1 aromatic carbocycles. The van der Waals surface area contributed by atoms with Crippen molar-refractivity contribution >= 4 is 5.97 Å². The SMILES string of the molecule is Cc1nc(C(O)CN2C3CCC2C2CCC3N2CC(O)c2ccc3c(c2C)COC3=O)ccc1C#N. The summed E-state index contributed by atoms with van der Waals surface area (Å²) < 4.78 is 5.19. The first-order chi connectivity index (χ1) is 17.4. The highest BCUT2D eigenvalue weighted by Gasteiger charge is 2.55. The molecule has 6 atom stereocenters. The van der Waals surface area contributed by atoms with Gasteiger partial charge in [0.15, 0.2) is 0 Å². The number of nitrogens with zero attached hydrogens (tertiary/aromatic N) is 4. The van der Waals surface area contributed by atoms with Crippen molar-refractivity contribution in [3.63, 3.8) is 0 Å². The van der Waals surface area contributed by atoms with E-state index in [1.54, 1.807) is 25.1 Å². The van der Waals surface area contributed by atoms with Gasteiger partial charge in [-0.2, -0.15) is 5.26 Å². The monoisotopic (exact) mass is 488 g/mol. The average Bonchev–Trinajstić information content (AvgIpc) is 3.50.